The van der Waals surface area contributed by atoms with Crippen LogP contribution in [0.1, 0.15) is 32.6 Å². The van der Waals surface area contributed by atoms with E-state index in [0.717, 1.165) is 19.5 Å². The van der Waals surface area contributed by atoms with Crippen LogP contribution < -0.4 is 20.3 Å². The average Bonchev–Trinajstić information content (AvgIpc) is 3.18. The minimum atomic E-state index is -3.78. The van der Waals surface area contributed by atoms with Gasteiger partial charge in [0.15, 0.2) is 5.75 Å². The summed E-state index contributed by atoms with van der Waals surface area (Å²) >= 11 is 0. The number of sulfonamides is 1. The molecule has 172 valence electrons. The number of unbranched alkanes of at least 4 members (excludes halogenated alkanes) is 1. The number of hydrogen-bond acceptors (Lipinski definition) is 7. The third-order valence-electron chi connectivity index (χ3n) is 5.46. The zero-order valence-corrected chi connectivity index (χ0v) is 18.5. The van der Waals surface area contributed by atoms with Crippen molar-refractivity contribution in [2.45, 2.75) is 43.5 Å². The molecule has 0 unspecified atom stereocenters. The zero-order valence-electron chi connectivity index (χ0n) is 17.7. The van der Waals surface area contributed by atoms with Gasteiger partial charge in [0.05, 0.1) is 16.9 Å². The largest absolute Gasteiger partial charge is 0.513 e. The summed E-state index contributed by atoms with van der Waals surface area (Å²) in [5.74, 6) is 0.0958. The second kappa shape index (κ2) is 9.31. The van der Waals surface area contributed by atoms with Gasteiger partial charge in [0.2, 0.25) is 10.0 Å². The normalized spacial score (nSPS) is 15.3. The number of pyridine rings is 1. The van der Waals surface area contributed by atoms with E-state index < -0.39 is 21.7 Å². The third-order valence-corrected chi connectivity index (χ3v) is 6.98. The highest BCUT2D eigenvalue weighted by Crippen LogP contribution is 2.32. The molecule has 1 aliphatic heterocycles. The summed E-state index contributed by atoms with van der Waals surface area (Å²) in [7, 11) is -3.78. The van der Waals surface area contributed by atoms with E-state index in [9.17, 15) is 18.0 Å². The van der Waals surface area contributed by atoms with Crippen LogP contribution in [0.4, 0.5) is 4.79 Å². The highest BCUT2D eigenvalue weighted by atomic mass is 32.2. The number of hydrogen-bond donors (Lipinski definition) is 4. The molecule has 10 nitrogen and oxygen atoms in total. The van der Waals surface area contributed by atoms with Crippen molar-refractivity contribution in [3.63, 3.8) is 0 Å². The van der Waals surface area contributed by atoms with Crippen LogP contribution in [0.2, 0.25) is 0 Å². The van der Waals surface area contributed by atoms with E-state index in [1.165, 1.54) is 24.4 Å². The Kier molecular flexibility index (Phi) is 6.49. The van der Waals surface area contributed by atoms with Gasteiger partial charge in [-0.2, -0.15) is 0 Å². The highest BCUT2D eigenvalue weighted by molar-refractivity contribution is 7.89. The van der Waals surface area contributed by atoms with E-state index in [-0.39, 0.29) is 28.8 Å². The second-order valence-corrected chi connectivity index (χ2v) is 9.48. The molecule has 4 N–H and O–H groups in total. The first-order valence-electron chi connectivity index (χ1n) is 10.6. The van der Waals surface area contributed by atoms with Gasteiger partial charge >= 0.3 is 6.16 Å². The Morgan fingerprint density at radius 3 is 2.78 bits per heavy atom. The van der Waals surface area contributed by atoms with Gasteiger partial charge in [-0.1, -0.05) is 13.3 Å². The van der Waals surface area contributed by atoms with Crippen LogP contribution in [0.25, 0.3) is 21.8 Å². The van der Waals surface area contributed by atoms with Gasteiger partial charge in [-0.25, -0.2) is 17.9 Å². The smallest absolute Gasteiger partial charge is 0.434 e. The molecule has 4 rings (SSSR count). The maximum atomic E-state index is 13.0. The summed E-state index contributed by atoms with van der Waals surface area (Å²) in [6.07, 6.45) is 3.49. The lowest BCUT2D eigenvalue weighted by molar-refractivity contribution is 0.0983. The van der Waals surface area contributed by atoms with E-state index in [1.807, 2.05) is 6.92 Å². The molecule has 1 fully saturated rings. The molecular weight excluding hydrogens is 436 g/mol. The summed E-state index contributed by atoms with van der Waals surface area (Å²) in [6.45, 7) is 3.71. The van der Waals surface area contributed by atoms with E-state index in [2.05, 4.69) is 20.0 Å². The molecule has 0 aliphatic carbocycles. The first-order valence-corrected chi connectivity index (χ1v) is 12.1. The summed E-state index contributed by atoms with van der Waals surface area (Å²) in [5.41, 5.74) is 0.187. The molecule has 1 aromatic carbocycles. The van der Waals surface area contributed by atoms with Gasteiger partial charge in [0, 0.05) is 23.1 Å². The van der Waals surface area contributed by atoms with Crippen LogP contribution in [0.15, 0.2) is 34.1 Å². The Labute approximate surface area is 184 Å². The molecule has 0 amide bonds. The number of nitrogens with one attached hydrogen (secondary N) is 4. The number of H-pyrrole nitrogens is 2. The first kappa shape index (κ1) is 22.3. The molecular formula is C21H26N4O6S. The van der Waals surface area contributed by atoms with Crippen LogP contribution in [0.5, 0.6) is 5.75 Å². The van der Waals surface area contributed by atoms with Gasteiger partial charge in [-0.05, 0) is 50.6 Å². The van der Waals surface area contributed by atoms with Crippen molar-refractivity contribution in [3.05, 3.63) is 34.7 Å². The fraction of sp³-hybridized carbons (Fsp3) is 0.429. The predicted octanol–water partition coefficient (Wildman–Crippen LogP) is 2.36. The van der Waals surface area contributed by atoms with E-state index in [4.69, 9.17) is 9.47 Å². The van der Waals surface area contributed by atoms with Crippen LogP contribution >= 0.6 is 0 Å². The second-order valence-electron chi connectivity index (χ2n) is 7.76. The van der Waals surface area contributed by atoms with Crippen LogP contribution in [0.3, 0.4) is 0 Å². The first-order chi connectivity index (χ1) is 15.4. The third kappa shape index (κ3) is 4.64. The molecule has 0 bridgehead atoms. The van der Waals surface area contributed by atoms with Crippen molar-refractivity contribution in [2.24, 2.45) is 0 Å². The summed E-state index contributed by atoms with van der Waals surface area (Å²) in [5, 5.41) is 3.95. The summed E-state index contributed by atoms with van der Waals surface area (Å²) in [4.78, 5) is 30.1. The maximum absolute atomic E-state index is 13.0. The Bertz CT molecular complexity index is 1290. The average molecular weight is 463 g/mol. The molecule has 32 heavy (non-hydrogen) atoms. The molecule has 2 aromatic heterocycles. The quantitative estimate of drug-likeness (QED) is 0.312. The lowest BCUT2D eigenvalue weighted by Crippen LogP contribution is -2.42. The number of rotatable bonds is 7. The monoisotopic (exact) mass is 462 g/mol. The number of aromatic nitrogens is 2. The van der Waals surface area contributed by atoms with Gasteiger partial charge in [0.1, 0.15) is 5.52 Å². The molecule has 3 heterocycles. The van der Waals surface area contributed by atoms with Crippen molar-refractivity contribution in [1.82, 2.24) is 20.0 Å². The van der Waals surface area contributed by atoms with Gasteiger partial charge in [-0.15, -0.1) is 0 Å². The van der Waals surface area contributed by atoms with Crippen molar-refractivity contribution >= 4 is 38.0 Å². The van der Waals surface area contributed by atoms with Gasteiger partial charge in [0.25, 0.3) is 5.56 Å². The number of fused-ring (bicyclic) bond motifs is 3. The fourth-order valence-electron chi connectivity index (χ4n) is 3.77. The predicted molar refractivity (Wildman–Crippen MR) is 120 cm³/mol. The number of ether oxygens (including phenoxy) is 2. The molecule has 1 aliphatic rings. The highest BCUT2D eigenvalue weighted by Gasteiger charge is 2.23. The van der Waals surface area contributed by atoms with Gasteiger partial charge in [-0.3, -0.25) is 4.79 Å². The maximum Gasteiger partial charge on any atom is 0.513 e. The number of carbonyl (C=O) groups is 1. The molecule has 0 spiro atoms. The Balaban J connectivity index is 1.72. The molecule has 1 saturated heterocycles. The van der Waals surface area contributed by atoms with Crippen molar-refractivity contribution in [1.29, 1.82) is 0 Å². The molecule has 0 radical (unpaired) electrons. The van der Waals surface area contributed by atoms with Crippen LogP contribution in [-0.2, 0) is 14.8 Å². The Hall–Kier alpha value is -2.89. The van der Waals surface area contributed by atoms with Crippen LogP contribution in [0, 0.1) is 0 Å². The topological polar surface area (TPSA) is 142 Å². The number of piperidine rings is 1. The summed E-state index contributed by atoms with van der Waals surface area (Å²) < 4.78 is 39.1. The SMILES string of the molecule is CCCCOC(=O)Oc1c[nH]c2c(=O)[nH]c3ccc(S(=O)(=O)NC4CCNCC4)cc3c12. The Morgan fingerprint density at radius 2 is 2.03 bits per heavy atom. The number of aromatic amines is 2. The number of carbonyl (C=O) groups excluding carboxylic acids is 1. The Morgan fingerprint density at radius 1 is 1.25 bits per heavy atom. The standard InChI is InChI=1S/C21H26N4O6S/c1-2-3-10-30-21(27)31-17-12-23-19-18(17)15-11-14(4-5-16(15)24-20(19)26)32(28,29)25-13-6-8-22-9-7-13/h4-5,11-13,22-23,25H,2-3,6-10H2,1H3,(H,24,26). The van der Waals surface area contributed by atoms with Crippen molar-refractivity contribution in [2.75, 3.05) is 19.7 Å². The lowest BCUT2D eigenvalue weighted by atomic mass is 10.1. The van der Waals surface area contributed by atoms with E-state index in [1.54, 1.807) is 0 Å². The molecule has 11 heteroatoms. The van der Waals surface area contributed by atoms with Crippen molar-refractivity contribution < 1.29 is 22.7 Å². The minimum Gasteiger partial charge on any atom is -0.434 e. The fourth-order valence-corrected chi connectivity index (χ4v) is 5.10. The van der Waals surface area contributed by atoms with Crippen molar-refractivity contribution in [3.8, 4) is 5.75 Å². The van der Waals surface area contributed by atoms with E-state index >= 15 is 0 Å². The minimum absolute atomic E-state index is 0.0644. The molecule has 0 atom stereocenters. The molecule has 3 aromatic rings. The summed E-state index contributed by atoms with van der Waals surface area (Å²) in [6, 6.07) is 4.31. The zero-order chi connectivity index (χ0) is 22.7. The van der Waals surface area contributed by atoms with Crippen LogP contribution in [-0.4, -0.2) is 50.3 Å². The lowest BCUT2D eigenvalue weighted by Gasteiger charge is -2.23. The number of benzene rings is 1. The van der Waals surface area contributed by atoms with Gasteiger partial charge < -0.3 is 24.8 Å². The van der Waals surface area contributed by atoms with E-state index in [0.29, 0.717) is 35.6 Å². The molecule has 0 saturated carbocycles.